The van der Waals surface area contributed by atoms with Crippen LogP contribution in [0, 0.1) is 17.3 Å². The SMILES string of the molecule is CO[C@@H](C)Oc1ccc2c(c1)CCC1C2CC[C@@]2(C)C1C=C[C@@H]2O. The van der Waals surface area contributed by atoms with Crippen molar-refractivity contribution < 1.29 is 14.6 Å². The summed E-state index contributed by atoms with van der Waals surface area (Å²) in [7, 11) is 1.66. The number of hydrogen-bond donors (Lipinski definition) is 1. The number of rotatable bonds is 3. The van der Waals surface area contributed by atoms with Crippen molar-refractivity contribution >= 4 is 0 Å². The van der Waals surface area contributed by atoms with Gasteiger partial charge in [-0.3, -0.25) is 0 Å². The van der Waals surface area contributed by atoms with E-state index in [1.807, 2.05) is 13.0 Å². The van der Waals surface area contributed by atoms with Crippen molar-refractivity contribution in [3.63, 3.8) is 0 Å². The van der Waals surface area contributed by atoms with Crippen LogP contribution in [0.15, 0.2) is 30.4 Å². The van der Waals surface area contributed by atoms with Crippen molar-refractivity contribution in [2.45, 2.75) is 57.8 Å². The zero-order valence-corrected chi connectivity index (χ0v) is 14.9. The third kappa shape index (κ3) is 2.41. The summed E-state index contributed by atoms with van der Waals surface area (Å²) in [5, 5.41) is 10.4. The molecule has 1 N–H and O–H groups in total. The van der Waals surface area contributed by atoms with Crippen molar-refractivity contribution in [2.24, 2.45) is 17.3 Å². The largest absolute Gasteiger partial charge is 0.465 e. The molecule has 0 saturated heterocycles. The van der Waals surface area contributed by atoms with Crippen molar-refractivity contribution in [2.75, 3.05) is 7.11 Å². The lowest BCUT2D eigenvalue weighted by atomic mass is 9.55. The lowest BCUT2D eigenvalue weighted by Crippen LogP contribution is -2.44. The molecular formula is C21H28O3. The molecule has 3 unspecified atom stereocenters. The maximum absolute atomic E-state index is 10.4. The molecule has 1 aromatic carbocycles. The molecule has 130 valence electrons. The quantitative estimate of drug-likeness (QED) is 0.672. The third-order valence-corrected chi connectivity index (χ3v) is 6.80. The van der Waals surface area contributed by atoms with E-state index in [2.05, 4.69) is 31.2 Å². The number of ether oxygens (including phenoxy) is 2. The topological polar surface area (TPSA) is 38.7 Å². The average Bonchev–Trinajstić information content (AvgIpc) is 2.89. The fourth-order valence-corrected chi connectivity index (χ4v) is 5.30. The van der Waals surface area contributed by atoms with Crippen LogP contribution < -0.4 is 4.74 Å². The van der Waals surface area contributed by atoms with Gasteiger partial charge in [-0.05, 0) is 73.6 Å². The van der Waals surface area contributed by atoms with Gasteiger partial charge in [0.15, 0.2) is 6.29 Å². The smallest absolute Gasteiger partial charge is 0.196 e. The van der Waals surface area contributed by atoms with E-state index in [1.54, 1.807) is 7.11 Å². The first-order valence-corrected chi connectivity index (χ1v) is 9.21. The van der Waals surface area contributed by atoms with Crippen LogP contribution >= 0.6 is 0 Å². The van der Waals surface area contributed by atoms with E-state index in [0.29, 0.717) is 17.8 Å². The molecule has 0 heterocycles. The van der Waals surface area contributed by atoms with Gasteiger partial charge in [-0.15, -0.1) is 0 Å². The van der Waals surface area contributed by atoms with E-state index in [9.17, 15) is 5.11 Å². The number of benzene rings is 1. The molecule has 3 aliphatic carbocycles. The van der Waals surface area contributed by atoms with Crippen LogP contribution in [0.1, 0.15) is 50.2 Å². The minimum Gasteiger partial charge on any atom is -0.465 e. The van der Waals surface area contributed by atoms with Crippen LogP contribution in [0.2, 0.25) is 0 Å². The number of hydrogen-bond acceptors (Lipinski definition) is 3. The molecule has 0 radical (unpaired) electrons. The van der Waals surface area contributed by atoms with Gasteiger partial charge in [0.25, 0.3) is 0 Å². The Morgan fingerprint density at radius 3 is 2.88 bits per heavy atom. The Labute approximate surface area is 144 Å². The highest BCUT2D eigenvalue weighted by molar-refractivity contribution is 5.41. The second-order valence-electron chi connectivity index (χ2n) is 7.99. The fourth-order valence-electron chi connectivity index (χ4n) is 5.30. The van der Waals surface area contributed by atoms with Crippen molar-refractivity contribution in [1.29, 1.82) is 0 Å². The Bertz CT molecular complexity index is 652. The number of aliphatic hydroxyl groups is 1. The van der Waals surface area contributed by atoms with Gasteiger partial charge < -0.3 is 14.6 Å². The highest BCUT2D eigenvalue weighted by atomic mass is 16.7. The molecule has 1 saturated carbocycles. The number of methoxy groups -OCH3 is 1. The van der Waals surface area contributed by atoms with Crippen LogP contribution in [0.25, 0.3) is 0 Å². The third-order valence-electron chi connectivity index (χ3n) is 6.80. The average molecular weight is 328 g/mol. The minimum absolute atomic E-state index is 0.0512. The van der Waals surface area contributed by atoms with E-state index < -0.39 is 0 Å². The summed E-state index contributed by atoms with van der Waals surface area (Å²) < 4.78 is 11.0. The maximum atomic E-state index is 10.4. The van der Waals surface area contributed by atoms with Gasteiger partial charge in [0.1, 0.15) is 5.75 Å². The molecule has 6 atom stereocenters. The van der Waals surface area contributed by atoms with E-state index in [0.717, 1.165) is 18.6 Å². The molecule has 3 nitrogen and oxygen atoms in total. The zero-order valence-electron chi connectivity index (χ0n) is 14.9. The van der Waals surface area contributed by atoms with Gasteiger partial charge in [0, 0.05) is 12.5 Å². The standard InChI is InChI=1S/C21H28O3/c1-13(23-3)24-15-5-7-16-14(12-15)4-6-18-17(16)10-11-21(2)19(18)8-9-20(21)22/h5,7-9,12-13,17-20,22H,4,6,10-11H2,1-3H3/t13-,17?,18?,19?,20+,21+/m1/s1. The summed E-state index contributed by atoms with van der Waals surface area (Å²) in [5.41, 5.74) is 2.99. The van der Waals surface area contributed by atoms with Crippen LogP contribution in [-0.2, 0) is 11.2 Å². The number of aryl methyl sites for hydroxylation is 1. The monoisotopic (exact) mass is 328 g/mol. The molecule has 0 spiro atoms. The van der Waals surface area contributed by atoms with E-state index in [1.165, 1.54) is 24.0 Å². The Morgan fingerprint density at radius 1 is 1.25 bits per heavy atom. The summed E-state index contributed by atoms with van der Waals surface area (Å²) >= 11 is 0. The molecule has 0 aliphatic heterocycles. The van der Waals surface area contributed by atoms with Crippen molar-refractivity contribution in [3.05, 3.63) is 41.5 Å². The maximum Gasteiger partial charge on any atom is 0.196 e. The number of fused-ring (bicyclic) bond motifs is 5. The number of allylic oxidation sites excluding steroid dienone is 1. The van der Waals surface area contributed by atoms with Crippen LogP contribution in [0.3, 0.4) is 0 Å². The van der Waals surface area contributed by atoms with Gasteiger partial charge in [-0.1, -0.05) is 25.1 Å². The number of aliphatic hydroxyl groups excluding tert-OH is 1. The summed E-state index contributed by atoms with van der Waals surface area (Å²) in [6, 6.07) is 6.56. The van der Waals surface area contributed by atoms with Crippen LogP contribution in [-0.4, -0.2) is 24.6 Å². The summed E-state index contributed by atoms with van der Waals surface area (Å²) in [6.45, 7) is 4.19. The van der Waals surface area contributed by atoms with Gasteiger partial charge in [-0.2, -0.15) is 0 Å². The second-order valence-corrected chi connectivity index (χ2v) is 7.99. The molecule has 3 aliphatic rings. The van der Waals surface area contributed by atoms with Crippen LogP contribution in [0.5, 0.6) is 5.75 Å². The molecular weight excluding hydrogens is 300 g/mol. The lowest BCUT2D eigenvalue weighted by molar-refractivity contribution is -0.0384. The Hall–Kier alpha value is -1.32. The first-order valence-electron chi connectivity index (χ1n) is 9.21. The van der Waals surface area contributed by atoms with Crippen molar-refractivity contribution in [1.82, 2.24) is 0 Å². The Morgan fingerprint density at radius 2 is 2.08 bits per heavy atom. The summed E-state index contributed by atoms with van der Waals surface area (Å²) in [6.07, 6.45) is 8.43. The zero-order chi connectivity index (χ0) is 16.9. The van der Waals surface area contributed by atoms with Gasteiger partial charge in [0.05, 0.1) is 6.10 Å². The molecule has 1 fully saturated rings. The molecule has 0 amide bonds. The highest BCUT2D eigenvalue weighted by Crippen LogP contribution is 2.58. The summed E-state index contributed by atoms with van der Waals surface area (Å²) in [4.78, 5) is 0. The molecule has 1 aromatic rings. The van der Waals surface area contributed by atoms with E-state index >= 15 is 0 Å². The van der Waals surface area contributed by atoms with E-state index in [-0.39, 0.29) is 17.8 Å². The molecule has 4 rings (SSSR count). The normalized spacial score (nSPS) is 38.2. The molecule has 3 heteroatoms. The molecule has 0 aromatic heterocycles. The lowest BCUT2D eigenvalue weighted by Gasteiger charge is -2.50. The van der Waals surface area contributed by atoms with Gasteiger partial charge in [0.2, 0.25) is 0 Å². The van der Waals surface area contributed by atoms with Gasteiger partial charge >= 0.3 is 0 Å². The highest BCUT2D eigenvalue weighted by Gasteiger charge is 2.52. The Kier molecular flexibility index (Phi) is 3.97. The van der Waals surface area contributed by atoms with Crippen LogP contribution in [0.4, 0.5) is 0 Å². The second kappa shape index (κ2) is 5.89. The van der Waals surface area contributed by atoms with Gasteiger partial charge in [-0.25, -0.2) is 0 Å². The fraction of sp³-hybridized carbons (Fsp3) is 0.619. The molecule has 24 heavy (non-hydrogen) atoms. The Balaban J connectivity index is 1.60. The first kappa shape index (κ1) is 16.2. The minimum atomic E-state index is -0.267. The first-order chi connectivity index (χ1) is 11.5. The predicted octanol–water partition coefficient (Wildman–Crippen LogP) is 4.05. The predicted molar refractivity (Wildman–Crippen MR) is 94.1 cm³/mol. The molecule has 0 bridgehead atoms. The summed E-state index contributed by atoms with van der Waals surface area (Å²) in [5.74, 6) is 2.70. The van der Waals surface area contributed by atoms with Crippen molar-refractivity contribution in [3.8, 4) is 5.75 Å². The van der Waals surface area contributed by atoms with E-state index in [4.69, 9.17) is 9.47 Å².